The Morgan fingerprint density at radius 1 is 0.583 bits per heavy atom. The molecule has 3 rings (SSSR count). The highest BCUT2D eigenvalue weighted by Gasteiger charge is 2.50. The number of benzene rings is 3. The van der Waals surface area contributed by atoms with E-state index in [1.54, 1.807) is 36.4 Å². The molecule has 0 aliphatic carbocycles. The van der Waals surface area contributed by atoms with E-state index in [1.807, 2.05) is 57.2 Å². The fourth-order valence-electron chi connectivity index (χ4n) is 1.79. The third kappa shape index (κ3) is 15.5. The molecule has 0 amide bonds. The van der Waals surface area contributed by atoms with Crippen molar-refractivity contribution in [1.29, 1.82) is 0 Å². The molecular weight excluding hydrogens is 529 g/mol. The number of alkyl halides is 3. The summed E-state index contributed by atoms with van der Waals surface area (Å²) in [6, 6.07) is 21.3. The molecule has 3 aromatic rings. The zero-order chi connectivity index (χ0) is 28.2. The fraction of sp³-hybridized carbons (Fsp3) is 0.182. The smallest absolute Gasteiger partial charge is 0.508 e. The zero-order valence-corrected chi connectivity index (χ0v) is 20.8. The van der Waals surface area contributed by atoms with E-state index >= 15 is 0 Å². The molecule has 36 heavy (non-hydrogen) atoms. The van der Waals surface area contributed by atoms with Gasteiger partial charge in [0.25, 0.3) is 0 Å². The lowest BCUT2D eigenvalue weighted by atomic mass is 10.2. The molecule has 0 bridgehead atoms. The second-order valence-corrected chi connectivity index (χ2v) is 9.67. The van der Waals surface area contributed by atoms with Crippen LogP contribution in [0.15, 0.2) is 72.8 Å². The molecule has 200 valence electrons. The van der Waals surface area contributed by atoms with Crippen LogP contribution in [-0.4, -0.2) is 42.2 Å². The van der Waals surface area contributed by atoms with E-state index in [0.29, 0.717) is 17.2 Å². The van der Waals surface area contributed by atoms with E-state index < -0.39 is 26.0 Å². The molecule has 0 fully saturated rings. The van der Waals surface area contributed by atoms with E-state index in [-0.39, 0.29) is 0 Å². The Hall–Kier alpha value is -3.33. The van der Waals surface area contributed by atoms with Crippen molar-refractivity contribution in [3.8, 4) is 17.2 Å². The highest BCUT2D eigenvalue weighted by atomic mass is 32.3. The molecule has 9 nitrogen and oxygen atoms in total. The van der Waals surface area contributed by atoms with Crippen LogP contribution in [-0.2, 0) is 24.1 Å². The van der Waals surface area contributed by atoms with Crippen LogP contribution in [0, 0.1) is 20.8 Å². The first kappa shape index (κ1) is 32.7. The number of hydrogen-bond donors (Lipinski definition) is 4. The topological polar surface area (TPSA) is 158 Å². The minimum absolute atomic E-state index is 0.329. The van der Waals surface area contributed by atoms with Crippen molar-refractivity contribution in [2.24, 2.45) is 0 Å². The summed E-state index contributed by atoms with van der Waals surface area (Å²) in [6.45, 7) is 5.96. The predicted octanol–water partition coefficient (Wildman–Crippen LogP) is 4.76. The minimum atomic E-state index is -6.29. The monoisotopic (exact) mass is 554 g/mol. The van der Waals surface area contributed by atoms with Crippen molar-refractivity contribution in [2.45, 2.75) is 26.3 Å². The Labute approximate surface area is 207 Å². The van der Waals surface area contributed by atoms with E-state index in [0.717, 1.165) is 0 Å². The summed E-state index contributed by atoms with van der Waals surface area (Å²) in [4.78, 5) is 0. The van der Waals surface area contributed by atoms with E-state index in [1.165, 1.54) is 16.7 Å². The molecule has 0 spiro atoms. The molecule has 0 saturated carbocycles. The Balaban J connectivity index is 0.000000460. The van der Waals surface area contributed by atoms with Crippen molar-refractivity contribution in [3.05, 3.63) is 89.5 Å². The molecule has 4 N–H and O–H groups in total. The highest BCUT2D eigenvalue weighted by Crippen LogP contribution is 2.25. The van der Waals surface area contributed by atoms with Crippen LogP contribution in [0.2, 0.25) is 0 Å². The maximum Gasteiger partial charge on any atom is 0.524 e. The van der Waals surface area contributed by atoms with Crippen molar-refractivity contribution < 1.29 is 53.5 Å². The number of phenolic OH excluding ortho intramolecular Hbond substituents is 3. The number of aromatic hydroxyl groups is 3. The van der Waals surface area contributed by atoms with Crippen LogP contribution in [0.25, 0.3) is 0 Å². The van der Waals surface area contributed by atoms with Gasteiger partial charge in [-0.3, -0.25) is 4.55 Å². The Kier molecular flexibility index (Phi) is 13.0. The number of hydrogen-bond acceptors (Lipinski definition) is 8. The van der Waals surface area contributed by atoms with Gasteiger partial charge < -0.3 is 15.3 Å². The summed E-state index contributed by atoms with van der Waals surface area (Å²) in [5.74, 6) is 0.988. The van der Waals surface area contributed by atoms with E-state index in [9.17, 15) is 30.0 Å². The molecule has 14 heteroatoms. The first-order chi connectivity index (χ1) is 16.3. The fourth-order valence-corrected chi connectivity index (χ4v) is 3.00. The second-order valence-electron chi connectivity index (χ2n) is 6.90. The van der Waals surface area contributed by atoms with Gasteiger partial charge in [-0.2, -0.15) is 30.0 Å². The highest BCUT2D eigenvalue weighted by molar-refractivity contribution is 7.97. The first-order valence-electron chi connectivity index (χ1n) is 9.59. The molecule has 0 aliphatic heterocycles. The number of rotatable bonds is 2. The second kappa shape index (κ2) is 14.3. The van der Waals surface area contributed by atoms with Gasteiger partial charge in [-0.05, 0) is 57.2 Å². The molecule has 3 aromatic carbocycles. The number of halogens is 3. The van der Waals surface area contributed by atoms with Crippen molar-refractivity contribution in [1.82, 2.24) is 0 Å². The minimum Gasteiger partial charge on any atom is -0.508 e. The largest absolute Gasteiger partial charge is 0.524 e. The maximum absolute atomic E-state index is 11.3. The van der Waals surface area contributed by atoms with Gasteiger partial charge in [0.05, 0.1) is 0 Å². The van der Waals surface area contributed by atoms with Crippen LogP contribution >= 0.6 is 0 Å². The maximum atomic E-state index is 11.3. The van der Waals surface area contributed by atoms with E-state index in [4.69, 9.17) is 19.9 Å². The number of aryl methyl sites for hydroxylation is 3. The van der Waals surface area contributed by atoms with Gasteiger partial charge in [0, 0.05) is 0 Å². The van der Waals surface area contributed by atoms with Crippen LogP contribution in [0.4, 0.5) is 13.2 Å². The Morgan fingerprint density at radius 3 is 0.917 bits per heavy atom. The van der Waals surface area contributed by atoms with Gasteiger partial charge >= 0.3 is 26.0 Å². The van der Waals surface area contributed by atoms with Gasteiger partial charge in [-0.15, -0.1) is 3.63 Å². The lowest BCUT2D eigenvalue weighted by Gasteiger charge is -2.04. The third-order valence-electron chi connectivity index (χ3n) is 3.56. The van der Waals surface area contributed by atoms with Crippen LogP contribution in [0.1, 0.15) is 16.7 Å². The van der Waals surface area contributed by atoms with Crippen molar-refractivity contribution >= 4 is 20.5 Å². The average Bonchev–Trinajstić information content (AvgIpc) is 2.73. The predicted molar refractivity (Wildman–Crippen MR) is 126 cm³/mol. The molecule has 0 unspecified atom stereocenters. The summed E-state index contributed by atoms with van der Waals surface area (Å²) < 4.78 is 82.4. The van der Waals surface area contributed by atoms with Crippen LogP contribution in [0.3, 0.4) is 0 Å². The molecule has 0 aliphatic rings. The molecule has 0 saturated heterocycles. The average molecular weight is 555 g/mol. The van der Waals surface area contributed by atoms with Gasteiger partial charge in [0.1, 0.15) is 17.2 Å². The first-order valence-corrected chi connectivity index (χ1v) is 12.4. The third-order valence-corrected chi connectivity index (χ3v) is 5.53. The van der Waals surface area contributed by atoms with Gasteiger partial charge in [0.2, 0.25) is 0 Å². The van der Waals surface area contributed by atoms with Gasteiger partial charge in [0.15, 0.2) is 0 Å². The van der Waals surface area contributed by atoms with Crippen molar-refractivity contribution in [3.63, 3.8) is 0 Å². The quantitative estimate of drug-likeness (QED) is 0.259. The summed E-state index contributed by atoms with van der Waals surface area (Å²) >= 11 is 0. The van der Waals surface area contributed by atoms with Gasteiger partial charge in [-0.1, -0.05) is 53.1 Å². The SMILES string of the molecule is Cc1ccc(O)cc1.Cc1ccc(O)cc1.Cc1ccc(O)cc1.O=S(=O)(O)OS(=O)(=O)C(F)(F)F. The lowest BCUT2D eigenvalue weighted by Crippen LogP contribution is -2.27. The summed E-state index contributed by atoms with van der Waals surface area (Å²) in [5.41, 5.74) is -2.38. The number of phenols is 3. The molecule has 0 aromatic heterocycles. The van der Waals surface area contributed by atoms with Crippen molar-refractivity contribution in [2.75, 3.05) is 0 Å². The summed E-state index contributed by atoms with van der Waals surface area (Å²) in [5, 5.41) is 26.3. The van der Waals surface area contributed by atoms with E-state index in [2.05, 4.69) is 3.63 Å². The normalized spacial score (nSPS) is 11.0. The molecule has 0 heterocycles. The Bertz CT molecular complexity index is 1090. The summed E-state index contributed by atoms with van der Waals surface area (Å²) in [7, 11) is -12.0. The Morgan fingerprint density at radius 2 is 0.806 bits per heavy atom. The lowest BCUT2D eigenvalue weighted by molar-refractivity contribution is -0.0501. The van der Waals surface area contributed by atoms with Gasteiger partial charge in [-0.25, -0.2) is 0 Å². The van der Waals surface area contributed by atoms with Crippen LogP contribution < -0.4 is 0 Å². The standard InChI is InChI=1S/3C7H8O.CHF3O6S2/c3*1-6-2-4-7(8)5-3-6;2-1(3,4)11(5,6)10-12(7,8)9/h3*2-5,8H,1H3;(H,7,8,9). The molecular formula is C22H25F3O9S2. The summed E-state index contributed by atoms with van der Waals surface area (Å²) in [6.07, 6.45) is 0. The van der Waals surface area contributed by atoms with Crippen LogP contribution in [0.5, 0.6) is 17.2 Å². The molecule has 0 radical (unpaired) electrons. The zero-order valence-electron chi connectivity index (χ0n) is 19.2. The molecule has 0 atom stereocenters.